The summed E-state index contributed by atoms with van der Waals surface area (Å²) in [6.07, 6.45) is 3.93. The minimum absolute atomic E-state index is 0.349. The number of unbranched alkanes of at least 4 members (excludes halogenated alkanes) is 1. The number of rotatable bonds is 6. The third kappa shape index (κ3) is 3.32. The number of nitrogens with zero attached hydrogens (tertiary/aromatic N) is 3. The summed E-state index contributed by atoms with van der Waals surface area (Å²) in [5.74, 6) is 1.96. The van der Waals surface area contributed by atoms with Gasteiger partial charge in [-0.3, -0.25) is 0 Å². The molecule has 0 saturated carbocycles. The van der Waals surface area contributed by atoms with Crippen LogP contribution >= 0.6 is 0 Å². The lowest BCUT2D eigenvalue weighted by atomic mass is 10.0. The van der Waals surface area contributed by atoms with Crippen molar-refractivity contribution in [3.63, 3.8) is 0 Å². The molecule has 0 unspecified atom stereocenters. The zero-order valence-electron chi connectivity index (χ0n) is 11.4. The van der Waals surface area contributed by atoms with Crippen LogP contribution in [0, 0.1) is 0 Å². The van der Waals surface area contributed by atoms with E-state index in [0.717, 1.165) is 24.5 Å². The maximum atomic E-state index is 5.97. The standard InChI is InChI=1S/C13H24N4/c1-5-7-8-17(6-2)13-11(10(3)4)12(14)15-9-16-13/h9-10H,5-8H2,1-4H3,(H2,14,15,16). The molecule has 0 atom stereocenters. The van der Waals surface area contributed by atoms with Crippen molar-refractivity contribution in [3.05, 3.63) is 11.9 Å². The molecule has 1 aromatic rings. The van der Waals surface area contributed by atoms with Gasteiger partial charge in [-0.2, -0.15) is 0 Å². The maximum Gasteiger partial charge on any atom is 0.137 e. The quantitative estimate of drug-likeness (QED) is 0.825. The van der Waals surface area contributed by atoms with E-state index in [1.54, 1.807) is 6.33 Å². The van der Waals surface area contributed by atoms with E-state index in [2.05, 4.69) is 42.6 Å². The highest BCUT2D eigenvalue weighted by Crippen LogP contribution is 2.29. The minimum Gasteiger partial charge on any atom is -0.383 e. The van der Waals surface area contributed by atoms with Gasteiger partial charge in [-0.1, -0.05) is 27.2 Å². The molecule has 0 spiro atoms. The Labute approximate surface area is 104 Å². The molecule has 0 radical (unpaired) electrons. The van der Waals surface area contributed by atoms with Crippen LogP contribution in [-0.4, -0.2) is 23.1 Å². The first-order valence-electron chi connectivity index (χ1n) is 6.47. The molecule has 0 aromatic carbocycles. The smallest absolute Gasteiger partial charge is 0.137 e. The lowest BCUT2D eigenvalue weighted by Crippen LogP contribution is -2.27. The lowest BCUT2D eigenvalue weighted by Gasteiger charge is -2.25. The van der Waals surface area contributed by atoms with Crippen LogP contribution in [0.25, 0.3) is 0 Å². The second-order valence-corrected chi connectivity index (χ2v) is 4.58. The van der Waals surface area contributed by atoms with Gasteiger partial charge < -0.3 is 10.6 Å². The van der Waals surface area contributed by atoms with E-state index in [-0.39, 0.29) is 0 Å². The number of anilines is 2. The molecule has 0 aliphatic heterocycles. The molecule has 17 heavy (non-hydrogen) atoms. The summed E-state index contributed by atoms with van der Waals surface area (Å²) in [5.41, 5.74) is 7.04. The zero-order chi connectivity index (χ0) is 12.8. The SMILES string of the molecule is CCCCN(CC)c1ncnc(N)c1C(C)C. The number of nitrogen functional groups attached to an aromatic ring is 1. The number of nitrogens with two attached hydrogens (primary N) is 1. The van der Waals surface area contributed by atoms with Crippen LogP contribution in [-0.2, 0) is 0 Å². The summed E-state index contributed by atoms with van der Waals surface area (Å²) in [5, 5.41) is 0. The van der Waals surface area contributed by atoms with E-state index >= 15 is 0 Å². The molecular formula is C13H24N4. The Morgan fingerprint density at radius 3 is 2.53 bits per heavy atom. The molecule has 96 valence electrons. The van der Waals surface area contributed by atoms with Gasteiger partial charge in [0.05, 0.1) is 0 Å². The van der Waals surface area contributed by atoms with Crippen molar-refractivity contribution in [2.75, 3.05) is 23.7 Å². The minimum atomic E-state index is 0.349. The summed E-state index contributed by atoms with van der Waals surface area (Å²) in [6, 6.07) is 0. The van der Waals surface area contributed by atoms with Gasteiger partial charge in [0.25, 0.3) is 0 Å². The topological polar surface area (TPSA) is 55.0 Å². The molecule has 1 heterocycles. The van der Waals surface area contributed by atoms with Crippen LogP contribution < -0.4 is 10.6 Å². The second kappa shape index (κ2) is 6.42. The molecule has 4 heteroatoms. The summed E-state index contributed by atoms with van der Waals surface area (Å²) >= 11 is 0. The average molecular weight is 236 g/mol. The highest BCUT2D eigenvalue weighted by molar-refractivity contribution is 5.58. The number of aromatic nitrogens is 2. The van der Waals surface area contributed by atoms with Gasteiger partial charge in [-0.05, 0) is 19.3 Å². The zero-order valence-corrected chi connectivity index (χ0v) is 11.4. The Kier molecular flexibility index (Phi) is 5.19. The van der Waals surface area contributed by atoms with Crippen LogP contribution in [0.1, 0.15) is 52.0 Å². The summed E-state index contributed by atoms with van der Waals surface area (Å²) in [7, 11) is 0. The molecule has 0 aliphatic rings. The molecular weight excluding hydrogens is 212 g/mol. The number of hydrogen-bond acceptors (Lipinski definition) is 4. The first-order valence-corrected chi connectivity index (χ1v) is 6.47. The Hall–Kier alpha value is -1.32. The fourth-order valence-corrected chi connectivity index (χ4v) is 1.97. The van der Waals surface area contributed by atoms with E-state index in [1.807, 2.05) is 0 Å². The van der Waals surface area contributed by atoms with Gasteiger partial charge >= 0.3 is 0 Å². The largest absolute Gasteiger partial charge is 0.383 e. The van der Waals surface area contributed by atoms with E-state index < -0.39 is 0 Å². The van der Waals surface area contributed by atoms with Crippen LogP contribution in [0.4, 0.5) is 11.6 Å². The van der Waals surface area contributed by atoms with Gasteiger partial charge in [0.1, 0.15) is 18.0 Å². The maximum absolute atomic E-state index is 5.97. The van der Waals surface area contributed by atoms with Crippen LogP contribution in [0.3, 0.4) is 0 Å². The van der Waals surface area contributed by atoms with Gasteiger partial charge in [0.15, 0.2) is 0 Å². The third-order valence-corrected chi connectivity index (χ3v) is 2.93. The van der Waals surface area contributed by atoms with Crippen LogP contribution in [0.2, 0.25) is 0 Å². The van der Waals surface area contributed by atoms with E-state index in [1.165, 1.54) is 12.8 Å². The van der Waals surface area contributed by atoms with Crippen molar-refractivity contribution in [2.24, 2.45) is 0 Å². The monoisotopic (exact) mass is 236 g/mol. The molecule has 1 aromatic heterocycles. The molecule has 0 aliphatic carbocycles. The third-order valence-electron chi connectivity index (χ3n) is 2.93. The molecule has 0 amide bonds. The number of hydrogen-bond donors (Lipinski definition) is 1. The van der Waals surface area contributed by atoms with Crippen molar-refractivity contribution in [3.8, 4) is 0 Å². The van der Waals surface area contributed by atoms with Crippen LogP contribution in [0.15, 0.2) is 6.33 Å². The predicted octanol–water partition coefficient (Wildman–Crippen LogP) is 2.81. The van der Waals surface area contributed by atoms with Crippen molar-refractivity contribution < 1.29 is 0 Å². The molecule has 1 rings (SSSR count). The van der Waals surface area contributed by atoms with Crippen molar-refractivity contribution in [1.29, 1.82) is 0 Å². The lowest BCUT2D eigenvalue weighted by molar-refractivity contribution is 0.711. The van der Waals surface area contributed by atoms with E-state index in [0.29, 0.717) is 11.7 Å². The van der Waals surface area contributed by atoms with Gasteiger partial charge in [0, 0.05) is 18.7 Å². The van der Waals surface area contributed by atoms with Gasteiger partial charge in [-0.25, -0.2) is 9.97 Å². The Morgan fingerprint density at radius 2 is 2.00 bits per heavy atom. The second-order valence-electron chi connectivity index (χ2n) is 4.58. The summed E-state index contributed by atoms with van der Waals surface area (Å²) < 4.78 is 0. The Balaban J connectivity index is 3.05. The molecule has 0 fully saturated rings. The van der Waals surface area contributed by atoms with Crippen LogP contribution in [0.5, 0.6) is 0 Å². The Bertz CT molecular complexity index is 349. The molecule has 2 N–H and O–H groups in total. The first kappa shape index (κ1) is 13.7. The predicted molar refractivity (Wildman–Crippen MR) is 73.3 cm³/mol. The highest BCUT2D eigenvalue weighted by Gasteiger charge is 2.17. The fraction of sp³-hybridized carbons (Fsp3) is 0.692. The van der Waals surface area contributed by atoms with E-state index in [4.69, 9.17) is 5.73 Å². The molecule has 4 nitrogen and oxygen atoms in total. The molecule has 0 saturated heterocycles. The summed E-state index contributed by atoms with van der Waals surface area (Å²) in [6.45, 7) is 10.6. The first-order chi connectivity index (χ1) is 8.11. The normalized spacial score (nSPS) is 10.9. The van der Waals surface area contributed by atoms with Gasteiger partial charge in [-0.15, -0.1) is 0 Å². The fourth-order valence-electron chi connectivity index (χ4n) is 1.97. The van der Waals surface area contributed by atoms with Crippen molar-refractivity contribution >= 4 is 11.6 Å². The van der Waals surface area contributed by atoms with Crippen molar-refractivity contribution in [1.82, 2.24) is 9.97 Å². The van der Waals surface area contributed by atoms with E-state index in [9.17, 15) is 0 Å². The summed E-state index contributed by atoms with van der Waals surface area (Å²) in [4.78, 5) is 10.8. The van der Waals surface area contributed by atoms with Crippen molar-refractivity contribution in [2.45, 2.75) is 46.5 Å². The molecule has 0 bridgehead atoms. The highest BCUT2D eigenvalue weighted by atomic mass is 15.2. The average Bonchev–Trinajstić information content (AvgIpc) is 2.29. The van der Waals surface area contributed by atoms with Gasteiger partial charge in [0.2, 0.25) is 0 Å². The Morgan fingerprint density at radius 1 is 1.29 bits per heavy atom.